The molecule has 2 aromatic rings. The third-order valence-electron chi connectivity index (χ3n) is 6.14. The smallest absolute Gasteiger partial charge is 0.253 e. The lowest BCUT2D eigenvalue weighted by atomic mass is 10.1. The summed E-state index contributed by atoms with van der Waals surface area (Å²) in [6, 6.07) is 11.0. The largest absolute Gasteiger partial charge is 0.336 e. The number of sulfonamides is 1. The van der Waals surface area contributed by atoms with Crippen molar-refractivity contribution in [2.24, 2.45) is 0 Å². The fourth-order valence-corrected chi connectivity index (χ4v) is 6.03. The van der Waals surface area contributed by atoms with E-state index in [9.17, 15) is 17.6 Å². The molecule has 9 heteroatoms. The minimum Gasteiger partial charge on any atom is -0.336 e. The Morgan fingerprint density at radius 1 is 0.938 bits per heavy atom. The van der Waals surface area contributed by atoms with Crippen LogP contribution in [0.25, 0.3) is 0 Å². The number of amides is 1. The molecule has 0 radical (unpaired) electrons. The predicted molar refractivity (Wildman–Crippen MR) is 122 cm³/mol. The van der Waals surface area contributed by atoms with Crippen LogP contribution in [-0.2, 0) is 16.6 Å². The number of nitrogens with zero attached hydrogens (tertiary/aromatic N) is 3. The van der Waals surface area contributed by atoms with Gasteiger partial charge in [0.25, 0.3) is 5.91 Å². The summed E-state index contributed by atoms with van der Waals surface area (Å²) in [5, 5.41) is 0.398. The van der Waals surface area contributed by atoms with Gasteiger partial charge in [-0.1, -0.05) is 30.2 Å². The highest BCUT2D eigenvalue weighted by atomic mass is 35.5. The Balaban J connectivity index is 1.41. The lowest BCUT2D eigenvalue weighted by Gasteiger charge is -2.35. The number of carbonyl (C=O) groups is 1. The standard InChI is InChI=1S/C23H27ClFN3O3S/c24-21-8-5-9-22(25)20(21)17-26-12-14-27(15-13-26)23(29)18-6-4-7-19(16-18)32(30,31)28-10-2-1-3-11-28/h4-9,16H,1-3,10-15,17H2. The van der Waals surface area contributed by atoms with Gasteiger partial charge in [0.1, 0.15) is 5.82 Å². The third kappa shape index (κ3) is 4.98. The first-order valence-corrected chi connectivity index (χ1v) is 12.7. The van der Waals surface area contributed by atoms with E-state index >= 15 is 0 Å². The number of halogens is 2. The Labute approximate surface area is 193 Å². The Bertz CT molecular complexity index is 1060. The van der Waals surface area contributed by atoms with E-state index in [0.29, 0.717) is 62.0 Å². The molecular formula is C23H27ClFN3O3S. The van der Waals surface area contributed by atoms with E-state index in [1.54, 1.807) is 35.2 Å². The van der Waals surface area contributed by atoms with Gasteiger partial charge in [-0.05, 0) is 43.2 Å². The summed E-state index contributed by atoms with van der Waals surface area (Å²) in [6.07, 6.45) is 2.76. The molecule has 1 amide bonds. The van der Waals surface area contributed by atoms with Gasteiger partial charge in [0, 0.05) is 62.0 Å². The molecular weight excluding hydrogens is 453 g/mol. The molecule has 4 rings (SSSR count). The average molecular weight is 480 g/mol. The van der Waals surface area contributed by atoms with Gasteiger partial charge in [0.05, 0.1) is 4.90 Å². The molecule has 2 aromatic carbocycles. The molecule has 2 aliphatic heterocycles. The molecule has 0 atom stereocenters. The number of benzene rings is 2. The van der Waals surface area contributed by atoms with Crippen LogP contribution in [0.2, 0.25) is 5.02 Å². The van der Waals surface area contributed by atoms with E-state index < -0.39 is 10.0 Å². The summed E-state index contributed by atoms with van der Waals surface area (Å²) in [4.78, 5) is 17.0. The molecule has 2 aliphatic rings. The molecule has 0 aliphatic carbocycles. The predicted octanol–water partition coefficient (Wildman–Crippen LogP) is 3.61. The van der Waals surface area contributed by atoms with Gasteiger partial charge in [-0.15, -0.1) is 0 Å². The van der Waals surface area contributed by atoms with E-state index in [2.05, 4.69) is 4.90 Å². The van der Waals surface area contributed by atoms with Crippen molar-refractivity contribution >= 4 is 27.5 Å². The summed E-state index contributed by atoms with van der Waals surface area (Å²) in [5.74, 6) is -0.521. The van der Waals surface area contributed by atoms with Crippen LogP contribution in [0, 0.1) is 5.82 Å². The first-order valence-electron chi connectivity index (χ1n) is 10.9. The zero-order chi connectivity index (χ0) is 22.7. The fourth-order valence-electron chi connectivity index (χ4n) is 4.24. The Morgan fingerprint density at radius 2 is 1.62 bits per heavy atom. The number of carbonyl (C=O) groups excluding carboxylic acids is 1. The average Bonchev–Trinajstić information content (AvgIpc) is 2.82. The molecule has 0 N–H and O–H groups in total. The minimum absolute atomic E-state index is 0.165. The van der Waals surface area contributed by atoms with Gasteiger partial charge in [0.15, 0.2) is 0 Å². The van der Waals surface area contributed by atoms with E-state index in [0.717, 1.165) is 19.3 Å². The Morgan fingerprint density at radius 3 is 2.31 bits per heavy atom. The molecule has 0 bridgehead atoms. The fraction of sp³-hybridized carbons (Fsp3) is 0.435. The molecule has 172 valence electrons. The molecule has 2 saturated heterocycles. The molecule has 32 heavy (non-hydrogen) atoms. The third-order valence-corrected chi connectivity index (χ3v) is 8.39. The lowest BCUT2D eigenvalue weighted by molar-refractivity contribution is 0.0627. The van der Waals surface area contributed by atoms with Crippen molar-refractivity contribution in [2.45, 2.75) is 30.7 Å². The van der Waals surface area contributed by atoms with Crippen LogP contribution in [0.5, 0.6) is 0 Å². The van der Waals surface area contributed by atoms with Crippen molar-refractivity contribution in [3.05, 3.63) is 64.4 Å². The van der Waals surface area contributed by atoms with Crippen molar-refractivity contribution in [3.8, 4) is 0 Å². The zero-order valence-electron chi connectivity index (χ0n) is 17.8. The van der Waals surface area contributed by atoms with Crippen LogP contribution in [0.15, 0.2) is 47.4 Å². The second kappa shape index (κ2) is 9.87. The van der Waals surface area contributed by atoms with E-state index in [4.69, 9.17) is 11.6 Å². The van der Waals surface area contributed by atoms with Gasteiger partial charge in [-0.2, -0.15) is 4.31 Å². The van der Waals surface area contributed by atoms with Gasteiger partial charge in [-0.25, -0.2) is 12.8 Å². The maximum absolute atomic E-state index is 14.1. The summed E-state index contributed by atoms with van der Waals surface area (Å²) in [5.41, 5.74) is 0.832. The first-order chi connectivity index (χ1) is 15.4. The topological polar surface area (TPSA) is 60.9 Å². The highest BCUT2D eigenvalue weighted by Crippen LogP contribution is 2.23. The van der Waals surface area contributed by atoms with Gasteiger partial charge >= 0.3 is 0 Å². The molecule has 0 aromatic heterocycles. The number of piperazine rings is 1. The van der Waals surface area contributed by atoms with Crippen LogP contribution in [0.4, 0.5) is 4.39 Å². The monoisotopic (exact) mass is 479 g/mol. The molecule has 0 saturated carbocycles. The maximum atomic E-state index is 14.1. The van der Waals surface area contributed by atoms with Crippen LogP contribution in [0.3, 0.4) is 0 Å². The second-order valence-corrected chi connectivity index (χ2v) is 10.6. The highest BCUT2D eigenvalue weighted by molar-refractivity contribution is 7.89. The summed E-state index contributed by atoms with van der Waals surface area (Å²) >= 11 is 6.13. The van der Waals surface area contributed by atoms with E-state index in [1.807, 2.05) is 0 Å². The summed E-state index contributed by atoms with van der Waals surface area (Å²) in [7, 11) is -3.59. The van der Waals surface area contributed by atoms with Crippen molar-refractivity contribution in [2.75, 3.05) is 39.3 Å². The van der Waals surface area contributed by atoms with Crippen molar-refractivity contribution < 1.29 is 17.6 Å². The Kier molecular flexibility index (Phi) is 7.14. The van der Waals surface area contributed by atoms with E-state index in [1.165, 1.54) is 16.4 Å². The van der Waals surface area contributed by atoms with Crippen molar-refractivity contribution in [1.82, 2.24) is 14.1 Å². The second-order valence-electron chi connectivity index (χ2n) is 8.26. The number of rotatable bonds is 5. The van der Waals surface area contributed by atoms with Crippen LogP contribution < -0.4 is 0 Å². The highest BCUT2D eigenvalue weighted by Gasteiger charge is 2.28. The number of hydrogen-bond donors (Lipinski definition) is 0. The number of piperidine rings is 1. The molecule has 2 fully saturated rings. The molecule has 0 unspecified atom stereocenters. The van der Waals surface area contributed by atoms with Gasteiger partial charge in [0.2, 0.25) is 10.0 Å². The maximum Gasteiger partial charge on any atom is 0.253 e. The summed E-state index contributed by atoms with van der Waals surface area (Å²) in [6.45, 7) is 3.56. The first kappa shape index (κ1) is 23.2. The molecule has 0 spiro atoms. The van der Waals surface area contributed by atoms with Crippen molar-refractivity contribution in [3.63, 3.8) is 0 Å². The zero-order valence-corrected chi connectivity index (χ0v) is 19.4. The van der Waals surface area contributed by atoms with Crippen molar-refractivity contribution in [1.29, 1.82) is 0 Å². The van der Waals surface area contributed by atoms with Crippen LogP contribution in [-0.4, -0.2) is 67.7 Å². The van der Waals surface area contributed by atoms with Gasteiger partial charge < -0.3 is 4.90 Å². The lowest BCUT2D eigenvalue weighted by Crippen LogP contribution is -2.48. The van der Waals surface area contributed by atoms with Crippen LogP contribution in [0.1, 0.15) is 35.2 Å². The Hall–Kier alpha value is -2.00. The van der Waals surface area contributed by atoms with E-state index in [-0.39, 0.29) is 16.6 Å². The molecule has 6 nitrogen and oxygen atoms in total. The summed E-state index contributed by atoms with van der Waals surface area (Å²) < 4.78 is 41.5. The van der Waals surface area contributed by atoms with Crippen LogP contribution >= 0.6 is 11.6 Å². The SMILES string of the molecule is O=C(c1cccc(S(=O)(=O)N2CCCCC2)c1)N1CCN(Cc2c(F)cccc2Cl)CC1. The quantitative estimate of drug-likeness (QED) is 0.657. The number of hydrogen-bond acceptors (Lipinski definition) is 4. The van der Waals surface area contributed by atoms with Gasteiger partial charge in [-0.3, -0.25) is 9.69 Å². The normalized spacial score (nSPS) is 18.6. The minimum atomic E-state index is -3.59. The molecule has 2 heterocycles.